The Kier molecular flexibility index (Phi) is 4.07. The maximum Gasteiger partial charge on any atom is 0.237 e. The van der Waals surface area contributed by atoms with Gasteiger partial charge in [0, 0.05) is 0 Å². The third-order valence-corrected chi connectivity index (χ3v) is 5.03. The topological polar surface area (TPSA) is 55.4 Å². The number of sulfonamides is 1. The molecule has 3 rings (SSSR count). The van der Waals surface area contributed by atoms with E-state index >= 15 is 0 Å². The van der Waals surface area contributed by atoms with Crippen molar-refractivity contribution < 1.29 is 13.2 Å². The second-order valence-corrected chi connectivity index (χ2v) is 7.26. The van der Waals surface area contributed by atoms with Gasteiger partial charge in [-0.05, 0) is 42.5 Å². The third-order valence-electron chi connectivity index (χ3n) is 3.81. The zero-order valence-electron chi connectivity index (χ0n) is 12.5. The van der Waals surface area contributed by atoms with E-state index in [4.69, 9.17) is 4.74 Å². The molecule has 22 heavy (non-hydrogen) atoms. The van der Waals surface area contributed by atoms with Crippen LogP contribution < -0.4 is 9.46 Å². The summed E-state index contributed by atoms with van der Waals surface area (Å²) in [4.78, 5) is 0. The highest BCUT2D eigenvalue weighted by Gasteiger charge is 2.19. The van der Waals surface area contributed by atoms with Gasteiger partial charge in [-0.1, -0.05) is 36.4 Å². The maximum atomic E-state index is 12.4. The Morgan fingerprint density at radius 3 is 2.77 bits per heavy atom. The van der Waals surface area contributed by atoms with E-state index in [9.17, 15) is 8.42 Å². The fourth-order valence-electron chi connectivity index (χ4n) is 2.65. The number of aryl methyl sites for hydroxylation is 2. The zero-order valence-corrected chi connectivity index (χ0v) is 13.3. The van der Waals surface area contributed by atoms with Gasteiger partial charge in [0.2, 0.25) is 10.0 Å². The summed E-state index contributed by atoms with van der Waals surface area (Å²) in [5.74, 6) is 0.630. The van der Waals surface area contributed by atoms with E-state index in [2.05, 4.69) is 4.72 Å². The van der Waals surface area contributed by atoms with Crippen LogP contribution in [0.4, 0.5) is 5.69 Å². The number of benzene rings is 2. The van der Waals surface area contributed by atoms with Crippen molar-refractivity contribution >= 4 is 15.7 Å². The highest BCUT2D eigenvalue weighted by atomic mass is 32.2. The highest BCUT2D eigenvalue weighted by molar-refractivity contribution is 7.91. The summed E-state index contributed by atoms with van der Waals surface area (Å²) in [5.41, 5.74) is 3.37. The van der Waals surface area contributed by atoms with Crippen molar-refractivity contribution in [2.45, 2.75) is 25.5 Å². The molecule has 4 nitrogen and oxygen atoms in total. The minimum absolute atomic E-state index is 0.0384. The van der Waals surface area contributed by atoms with Gasteiger partial charge in [0.15, 0.2) is 0 Å². The van der Waals surface area contributed by atoms with Gasteiger partial charge < -0.3 is 4.74 Å². The highest BCUT2D eigenvalue weighted by Crippen LogP contribution is 2.33. The monoisotopic (exact) mass is 317 g/mol. The number of hydrogen-bond acceptors (Lipinski definition) is 3. The van der Waals surface area contributed by atoms with Gasteiger partial charge in [-0.2, -0.15) is 0 Å². The lowest BCUT2D eigenvalue weighted by atomic mass is 10.1. The van der Waals surface area contributed by atoms with Crippen molar-refractivity contribution in [3.05, 3.63) is 59.2 Å². The van der Waals surface area contributed by atoms with Gasteiger partial charge in [-0.3, -0.25) is 4.72 Å². The van der Waals surface area contributed by atoms with Gasteiger partial charge in [-0.15, -0.1) is 0 Å². The molecule has 1 aliphatic heterocycles. The molecular formula is C17H19NO3S. The second-order valence-electron chi connectivity index (χ2n) is 5.53. The Morgan fingerprint density at radius 2 is 1.95 bits per heavy atom. The summed E-state index contributed by atoms with van der Waals surface area (Å²) in [6.07, 6.45) is 1.88. The van der Waals surface area contributed by atoms with E-state index < -0.39 is 10.0 Å². The first-order chi connectivity index (χ1) is 10.6. The minimum atomic E-state index is -3.47. The Morgan fingerprint density at radius 1 is 1.14 bits per heavy atom. The van der Waals surface area contributed by atoms with Crippen molar-refractivity contribution in [3.63, 3.8) is 0 Å². The van der Waals surface area contributed by atoms with E-state index in [1.165, 1.54) is 0 Å². The summed E-state index contributed by atoms with van der Waals surface area (Å²) in [6, 6.07) is 13.1. The molecule has 1 N–H and O–H groups in total. The molecule has 5 heteroatoms. The SMILES string of the molecule is Cc1ccccc1CS(=O)(=O)Nc1cccc2c1OCCC2. The van der Waals surface area contributed by atoms with Crippen LogP contribution in [0, 0.1) is 6.92 Å². The van der Waals surface area contributed by atoms with Gasteiger partial charge in [0.25, 0.3) is 0 Å². The Hall–Kier alpha value is -2.01. The molecule has 1 heterocycles. The van der Waals surface area contributed by atoms with E-state index in [1.54, 1.807) is 6.07 Å². The molecule has 0 saturated heterocycles. The zero-order chi connectivity index (χ0) is 15.6. The molecule has 0 radical (unpaired) electrons. The molecule has 0 atom stereocenters. The molecule has 0 bridgehead atoms. The van der Waals surface area contributed by atoms with Crippen LogP contribution in [0.3, 0.4) is 0 Å². The summed E-state index contributed by atoms with van der Waals surface area (Å²) >= 11 is 0. The summed E-state index contributed by atoms with van der Waals surface area (Å²) < 4.78 is 33.2. The minimum Gasteiger partial charge on any atom is -0.491 e. The van der Waals surface area contributed by atoms with Crippen molar-refractivity contribution in [2.24, 2.45) is 0 Å². The fraction of sp³-hybridized carbons (Fsp3) is 0.294. The Bertz CT molecular complexity index is 784. The van der Waals surface area contributed by atoms with E-state index in [1.807, 2.05) is 43.3 Å². The largest absolute Gasteiger partial charge is 0.491 e. The molecule has 0 unspecified atom stereocenters. The van der Waals surface area contributed by atoms with Crippen molar-refractivity contribution in [2.75, 3.05) is 11.3 Å². The molecule has 0 saturated carbocycles. The van der Waals surface area contributed by atoms with E-state index in [-0.39, 0.29) is 5.75 Å². The molecule has 2 aromatic carbocycles. The fourth-order valence-corrected chi connectivity index (χ4v) is 3.95. The van der Waals surface area contributed by atoms with Crippen LogP contribution in [0.5, 0.6) is 5.75 Å². The van der Waals surface area contributed by atoms with Crippen LogP contribution in [0.25, 0.3) is 0 Å². The van der Waals surface area contributed by atoms with Gasteiger partial charge in [0.1, 0.15) is 5.75 Å². The summed E-state index contributed by atoms with van der Waals surface area (Å²) in [6.45, 7) is 2.54. The third kappa shape index (κ3) is 3.25. The number of anilines is 1. The molecule has 0 spiro atoms. The lowest BCUT2D eigenvalue weighted by Gasteiger charge is -2.21. The first-order valence-corrected chi connectivity index (χ1v) is 9.00. The normalized spacial score (nSPS) is 14.0. The van der Waals surface area contributed by atoms with Crippen LogP contribution in [0.1, 0.15) is 23.1 Å². The van der Waals surface area contributed by atoms with E-state index in [0.717, 1.165) is 29.5 Å². The first-order valence-electron chi connectivity index (χ1n) is 7.35. The number of nitrogens with one attached hydrogen (secondary N) is 1. The molecule has 0 amide bonds. The van der Waals surface area contributed by atoms with Crippen LogP contribution in [0.2, 0.25) is 0 Å². The first kappa shape index (κ1) is 14.9. The van der Waals surface area contributed by atoms with Crippen LogP contribution >= 0.6 is 0 Å². The second kappa shape index (κ2) is 6.01. The quantitative estimate of drug-likeness (QED) is 0.941. The predicted molar refractivity (Wildman–Crippen MR) is 87.7 cm³/mol. The average molecular weight is 317 g/mol. The molecule has 0 aliphatic carbocycles. The van der Waals surface area contributed by atoms with Gasteiger partial charge in [-0.25, -0.2) is 8.42 Å². The Balaban J connectivity index is 1.85. The van der Waals surface area contributed by atoms with Gasteiger partial charge >= 0.3 is 0 Å². The van der Waals surface area contributed by atoms with Crippen molar-refractivity contribution in [1.29, 1.82) is 0 Å². The molecule has 2 aromatic rings. The lowest BCUT2D eigenvalue weighted by molar-refractivity contribution is 0.290. The van der Waals surface area contributed by atoms with Gasteiger partial charge in [0.05, 0.1) is 18.0 Å². The number of rotatable bonds is 4. The van der Waals surface area contributed by atoms with Crippen LogP contribution in [-0.2, 0) is 22.2 Å². The standard InChI is InChI=1S/C17H19NO3S/c1-13-6-2-3-7-15(13)12-22(19,20)18-16-10-4-8-14-9-5-11-21-17(14)16/h2-4,6-8,10,18H,5,9,11-12H2,1H3. The lowest BCUT2D eigenvalue weighted by Crippen LogP contribution is -2.18. The predicted octanol–water partition coefficient (Wildman–Crippen LogP) is 3.26. The number of ether oxygens (including phenoxy) is 1. The van der Waals surface area contributed by atoms with Crippen LogP contribution in [-0.4, -0.2) is 15.0 Å². The molecule has 0 aromatic heterocycles. The van der Waals surface area contributed by atoms with E-state index in [0.29, 0.717) is 18.0 Å². The smallest absolute Gasteiger partial charge is 0.237 e. The Labute approximate surface area is 131 Å². The summed E-state index contributed by atoms with van der Waals surface area (Å²) in [7, 11) is -3.47. The molecule has 116 valence electrons. The average Bonchev–Trinajstić information content (AvgIpc) is 2.49. The number of fused-ring (bicyclic) bond motifs is 1. The van der Waals surface area contributed by atoms with Crippen molar-refractivity contribution in [1.82, 2.24) is 0 Å². The number of para-hydroxylation sites is 1. The molecular weight excluding hydrogens is 298 g/mol. The van der Waals surface area contributed by atoms with Crippen molar-refractivity contribution in [3.8, 4) is 5.75 Å². The van der Waals surface area contributed by atoms with Crippen LogP contribution in [0.15, 0.2) is 42.5 Å². The number of hydrogen-bond donors (Lipinski definition) is 1. The molecule has 0 fully saturated rings. The maximum absolute atomic E-state index is 12.4. The summed E-state index contributed by atoms with van der Waals surface area (Å²) in [5, 5.41) is 0. The molecule has 1 aliphatic rings.